The SMILES string of the molecule is Cn1nccc1CCNC(=O)c1nnc(Nc2ncnc3c2CCN(c2ccc(C#N)c(CF)c2)C3)s1. The molecule has 1 aliphatic rings. The maximum absolute atomic E-state index is 13.4. The van der Waals surface area contributed by atoms with Crippen LogP contribution in [0.2, 0.25) is 0 Å². The number of rotatable bonds is 8. The summed E-state index contributed by atoms with van der Waals surface area (Å²) in [5, 5.41) is 28.1. The van der Waals surface area contributed by atoms with Gasteiger partial charge in [0.2, 0.25) is 10.1 Å². The Hall–Kier alpha value is -4.44. The molecule has 2 N–H and O–H groups in total. The summed E-state index contributed by atoms with van der Waals surface area (Å²) in [5.41, 5.74) is 4.38. The Bertz CT molecular complexity index is 1480. The number of halogens is 1. The fraction of sp³-hybridized carbons (Fsp3) is 0.292. The number of nitrogens with one attached hydrogen (secondary N) is 2. The van der Waals surface area contributed by atoms with Crippen molar-refractivity contribution in [1.82, 2.24) is 35.3 Å². The first kappa shape index (κ1) is 24.3. The fourth-order valence-corrected chi connectivity index (χ4v) is 4.83. The van der Waals surface area contributed by atoms with Gasteiger partial charge in [-0.2, -0.15) is 10.4 Å². The van der Waals surface area contributed by atoms with E-state index in [2.05, 4.69) is 40.8 Å². The van der Waals surface area contributed by atoms with Gasteiger partial charge in [-0.05, 0) is 30.7 Å². The minimum atomic E-state index is -0.691. The number of nitrogens with zero attached hydrogens (tertiary/aromatic N) is 8. The smallest absolute Gasteiger partial charge is 0.282 e. The Balaban J connectivity index is 1.23. The Kier molecular flexibility index (Phi) is 7.00. The van der Waals surface area contributed by atoms with E-state index in [0.717, 1.165) is 34.0 Å². The molecule has 1 amide bonds. The lowest BCUT2D eigenvalue weighted by Crippen LogP contribution is -2.31. The molecule has 11 nitrogen and oxygen atoms in total. The van der Waals surface area contributed by atoms with Crippen LogP contribution >= 0.6 is 11.3 Å². The highest BCUT2D eigenvalue weighted by Gasteiger charge is 2.23. The van der Waals surface area contributed by atoms with Crippen LogP contribution in [0.25, 0.3) is 0 Å². The molecule has 0 unspecified atom stereocenters. The fourth-order valence-electron chi connectivity index (χ4n) is 4.17. The normalized spacial score (nSPS) is 12.6. The third-order valence-corrected chi connectivity index (χ3v) is 7.00. The van der Waals surface area contributed by atoms with Crippen molar-refractivity contribution in [3.8, 4) is 6.07 Å². The van der Waals surface area contributed by atoms with E-state index in [1.54, 1.807) is 23.0 Å². The maximum Gasteiger partial charge on any atom is 0.282 e. The molecule has 4 heterocycles. The van der Waals surface area contributed by atoms with Crippen LogP contribution in [-0.4, -0.2) is 48.9 Å². The summed E-state index contributed by atoms with van der Waals surface area (Å²) >= 11 is 1.15. The Morgan fingerprint density at radius 3 is 2.95 bits per heavy atom. The molecule has 0 spiro atoms. The molecule has 37 heavy (non-hydrogen) atoms. The highest BCUT2D eigenvalue weighted by molar-refractivity contribution is 7.17. The standard InChI is InChI=1S/C24H23FN10OS/c1-34-17(5-8-30-34)4-7-27-22(36)23-32-33-24(37-23)31-21-19-6-9-35(13-20(19)28-14-29-21)18-3-2-15(12-26)16(10-18)11-25/h2-3,5,8,10,14H,4,6-7,9,11,13H2,1H3,(H,27,36)(H,28,29,31,33). The number of hydrogen-bond donors (Lipinski definition) is 2. The zero-order valence-electron chi connectivity index (χ0n) is 20.0. The number of carbonyl (C=O) groups excluding carboxylic acids is 1. The van der Waals surface area contributed by atoms with Crippen molar-refractivity contribution in [3.05, 3.63) is 69.9 Å². The number of carbonyl (C=O) groups is 1. The number of benzene rings is 1. The molecule has 0 atom stereocenters. The summed E-state index contributed by atoms with van der Waals surface area (Å²) < 4.78 is 15.1. The zero-order chi connectivity index (χ0) is 25.8. The van der Waals surface area contributed by atoms with Crippen molar-refractivity contribution in [2.75, 3.05) is 23.3 Å². The second kappa shape index (κ2) is 10.7. The average molecular weight is 519 g/mol. The van der Waals surface area contributed by atoms with Crippen LogP contribution in [0.3, 0.4) is 0 Å². The number of nitriles is 1. The molecule has 188 valence electrons. The molecule has 4 aromatic rings. The van der Waals surface area contributed by atoms with Crippen LogP contribution in [0.15, 0.2) is 36.8 Å². The zero-order valence-corrected chi connectivity index (χ0v) is 20.8. The van der Waals surface area contributed by atoms with E-state index in [4.69, 9.17) is 5.26 Å². The monoisotopic (exact) mass is 518 g/mol. The Morgan fingerprint density at radius 2 is 2.16 bits per heavy atom. The highest BCUT2D eigenvalue weighted by atomic mass is 32.1. The van der Waals surface area contributed by atoms with Crippen molar-refractivity contribution in [1.29, 1.82) is 5.26 Å². The Labute approximate surface area is 216 Å². The quantitative estimate of drug-likeness (QED) is 0.361. The van der Waals surface area contributed by atoms with Crippen molar-refractivity contribution < 1.29 is 9.18 Å². The topological polar surface area (TPSA) is 138 Å². The highest BCUT2D eigenvalue weighted by Crippen LogP contribution is 2.30. The van der Waals surface area contributed by atoms with Crippen molar-refractivity contribution in [3.63, 3.8) is 0 Å². The van der Waals surface area contributed by atoms with Crippen LogP contribution in [0, 0.1) is 11.3 Å². The predicted octanol–water partition coefficient (Wildman–Crippen LogP) is 2.68. The number of fused-ring (bicyclic) bond motifs is 1. The van der Waals surface area contributed by atoms with Gasteiger partial charge in [0.15, 0.2) is 0 Å². The molecular formula is C24H23FN10OS. The summed E-state index contributed by atoms with van der Waals surface area (Å²) in [6, 6.07) is 9.12. The van der Waals surface area contributed by atoms with E-state index < -0.39 is 6.67 Å². The minimum absolute atomic E-state index is 0.256. The van der Waals surface area contributed by atoms with E-state index in [0.29, 0.717) is 54.6 Å². The van der Waals surface area contributed by atoms with Crippen molar-refractivity contribution >= 4 is 33.9 Å². The number of aromatic nitrogens is 6. The van der Waals surface area contributed by atoms with E-state index in [1.165, 1.54) is 6.33 Å². The van der Waals surface area contributed by atoms with E-state index in [-0.39, 0.29) is 10.9 Å². The second-order valence-corrected chi connectivity index (χ2v) is 9.37. The molecular weight excluding hydrogens is 495 g/mol. The lowest BCUT2D eigenvalue weighted by molar-refractivity contribution is 0.0953. The van der Waals surface area contributed by atoms with Crippen molar-refractivity contribution in [2.45, 2.75) is 26.1 Å². The average Bonchev–Trinajstić information content (AvgIpc) is 3.57. The number of anilines is 3. The third kappa shape index (κ3) is 5.24. The molecule has 0 fully saturated rings. The first-order chi connectivity index (χ1) is 18.1. The summed E-state index contributed by atoms with van der Waals surface area (Å²) in [7, 11) is 1.86. The van der Waals surface area contributed by atoms with Crippen LogP contribution in [0.1, 0.15) is 37.9 Å². The molecule has 0 aliphatic carbocycles. The molecule has 1 aromatic carbocycles. The molecule has 0 saturated heterocycles. The van der Waals surface area contributed by atoms with Crippen LogP contribution in [-0.2, 0) is 33.1 Å². The third-order valence-electron chi connectivity index (χ3n) is 6.16. The predicted molar refractivity (Wildman–Crippen MR) is 135 cm³/mol. The summed E-state index contributed by atoms with van der Waals surface area (Å²) in [6.45, 7) is 0.962. The van der Waals surface area contributed by atoms with Gasteiger partial charge in [-0.15, -0.1) is 10.2 Å². The van der Waals surface area contributed by atoms with Gasteiger partial charge in [0.1, 0.15) is 18.8 Å². The van der Waals surface area contributed by atoms with Gasteiger partial charge in [-0.25, -0.2) is 14.4 Å². The van der Waals surface area contributed by atoms with E-state index in [9.17, 15) is 9.18 Å². The number of hydrogen-bond acceptors (Lipinski definition) is 10. The molecule has 0 bridgehead atoms. The van der Waals surface area contributed by atoms with Gasteiger partial charge in [0.05, 0.1) is 23.9 Å². The van der Waals surface area contributed by atoms with Gasteiger partial charge in [-0.3, -0.25) is 9.48 Å². The van der Waals surface area contributed by atoms with Crippen molar-refractivity contribution in [2.24, 2.45) is 7.05 Å². The number of alkyl halides is 1. The molecule has 0 radical (unpaired) electrons. The largest absolute Gasteiger partial charge is 0.365 e. The summed E-state index contributed by atoms with van der Waals surface area (Å²) in [6.07, 6.45) is 4.51. The summed E-state index contributed by atoms with van der Waals surface area (Å²) in [4.78, 5) is 23.4. The first-order valence-corrected chi connectivity index (χ1v) is 12.4. The van der Waals surface area contributed by atoms with Gasteiger partial charge in [0, 0.05) is 55.3 Å². The van der Waals surface area contributed by atoms with E-state index in [1.807, 2.05) is 25.2 Å². The molecule has 5 rings (SSSR count). The van der Waals surface area contributed by atoms with Gasteiger partial charge >= 0.3 is 0 Å². The second-order valence-electron chi connectivity index (χ2n) is 8.40. The number of aryl methyl sites for hydroxylation is 1. The van der Waals surface area contributed by atoms with Crippen LogP contribution < -0.4 is 15.5 Å². The molecule has 3 aromatic heterocycles. The minimum Gasteiger partial charge on any atom is -0.365 e. The van der Waals surface area contributed by atoms with Gasteiger partial charge in [0.25, 0.3) is 5.91 Å². The maximum atomic E-state index is 13.4. The molecule has 13 heteroatoms. The Morgan fingerprint density at radius 1 is 1.27 bits per heavy atom. The van der Waals surface area contributed by atoms with E-state index >= 15 is 0 Å². The van der Waals surface area contributed by atoms with Crippen LogP contribution in [0.4, 0.5) is 21.0 Å². The van der Waals surface area contributed by atoms with Crippen LogP contribution in [0.5, 0.6) is 0 Å². The molecule has 1 aliphatic heterocycles. The number of amides is 1. The van der Waals surface area contributed by atoms with Gasteiger partial charge in [-0.1, -0.05) is 11.3 Å². The lowest BCUT2D eigenvalue weighted by atomic mass is 10.0. The lowest BCUT2D eigenvalue weighted by Gasteiger charge is -2.31. The van der Waals surface area contributed by atoms with Gasteiger partial charge < -0.3 is 15.5 Å². The molecule has 0 saturated carbocycles. The summed E-state index contributed by atoms with van der Waals surface area (Å²) in [5.74, 6) is 0.330. The first-order valence-electron chi connectivity index (χ1n) is 11.6.